The Morgan fingerprint density at radius 3 is 2.81 bits per heavy atom. The number of hydrogen-bond donors (Lipinski definition) is 1. The van der Waals surface area contributed by atoms with Crippen LogP contribution in [0.15, 0.2) is 0 Å². The molecule has 1 unspecified atom stereocenters. The molecule has 5 nitrogen and oxygen atoms in total. The summed E-state index contributed by atoms with van der Waals surface area (Å²) in [6.07, 6.45) is 1.24. The molecule has 1 fully saturated rings. The highest BCUT2D eigenvalue weighted by Gasteiger charge is 2.22. The van der Waals surface area contributed by atoms with Crippen LogP contribution < -0.4 is 0 Å². The molecule has 1 aliphatic rings. The molecule has 0 saturated carbocycles. The lowest BCUT2D eigenvalue weighted by Gasteiger charge is -2.31. The highest BCUT2D eigenvalue weighted by Crippen LogP contribution is 2.15. The molecule has 1 heterocycles. The van der Waals surface area contributed by atoms with Gasteiger partial charge in [0.05, 0.1) is 0 Å². The standard InChI is InChI=1S/C11H19NO4/c1-8-4-3-5-12(6-8)10(13)7-16-9(2)11(14)15/h8-9H,3-7H2,1-2H3,(H,14,15)/t8?,9-/m1/s1. The van der Waals surface area contributed by atoms with Gasteiger partial charge in [-0.2, -0.15) is 0 Å². The molecule has 2 atom stereocenters. The Labute approximate surface area is 95.4 Å². The summed E-state index contributed by atoms with van der Waals surface area (Å²) in [5, 5.41) is 8.60. The average Bonchev–Trinajstić information content (AvgIpc) is 2.25. The van der Waals surface area contributed by atoms with Crippen molar-refractivity contribution in [3.05, 3.63) is 0 Å². The van der Waals surface area contributed by atoms with Crippen LogP contribution in [0.4, 0.5) is 0 Å². The van der Waals surface area contributed by atoms with Gasteiger partial charge in [-0.05, 0) is 25.7 Å². The zero-order valence-electron chi connectivity index (χ0n) is 9.81. The van der Waals surface area contributed by atoms with Crippen LogP contribution in [-0.4, -0.2) is 47.7 Å². The molecular weight excluding hydrogens is 210 g/mol. The third-order valence-corrected chi connectivity index (χ3v) is 2.81. The van der Waals surface area contributed by atoms with Crippen LogP contribution >= 0.6 is 0 Å². The van der Waals surface area contributed by atoms with E-state index < -0.39 is 12.1 Å². The second-order valence-corrected chi connectivity index (χ2v) is 4.38. The van der Waals surface area contributed by atoms with Crippen LogP contribution in [0.3, 0.4) is 0 Å². The third-order valence-electron chi connectivity index (χ3n) is 2.81. The zero-order valence-corrected chi connectivity index (χ0v) is 9.81. The van der Waals surface area contributed by atoms with Gasteiger partial charge < -0.3 is 14.7 Å². The Morgan fingerprint density at radius 2 is 2.25 bits per heavy atom. The predicted octanol–water partition coefficient (Wildman–Crippen LogP) is 0.735. The van der Waals surface area contributed by atoms with Gasteiger partial charge in [-0.3, -0.25) is 4.79 Å². The van der Waals surface area contributed by atoms with E-state index in [1.807, 2.05) is 0 Å². The Balaban J connectivity index is 2.31. The number of likely N-dealkylation sites (tertiary alicyclic amines) is 1. The molecule has 0 aromatic rings. The summed E-state index contributed by atoms with van der Waals surface area (Å²) < 4.78 is 4.96. The third kappa shape index (κ3) is 3.81. The van der Waals surface area contributed by atoms with Crippen molar-refractivity contribution < 1.29 is 19.4 Å². The van der Waals surface area contributed by atoms with Gasteiger partial charge in [0.25, 0.3) is 0 Å². The first kappa shape index (κ1) is 13.0. The number of carboxylic acids is 1. The molecule has 0 aromatic heterocycles. The van der Waals surface area contributed by atoms with Gasteiger partial charge in [0.15, 0.2) is 6.10 Å². The van der Waals surface area contributed by atoms with E-state index in [1.54, 1.807) is 4.90 Å². The first-order chi connectivity index (χ1) is 7.50. The van der Waals surface area contributed by atoms with Gasteiger partial charge in [0.2, 0.25) is 5.91 Å². The van der Waals surface area contributed by atoms with E-state index in [0.29, 0.717) is 5.92 Å². The van der Waals surface area contributed by atoms with E-state index in [2.05, 4.69) is 6.92 Å². The normalized spacial score (nSPS) is 22.9. The van der Waals surface area contributed by atoms with E-state index in [4.69, 9.17) is 9.84 Å². The fourth-order valence-corrected chi connectivity index (χ4v) is 1.77. The molecule has 16 heavy (non-hydrogen) atoms. The van der Waals surface area contributed by atoms with E-state index in [-0.39, 0.29) is 12.5 Å². The molecule has 1 N–H and O–H groups in total. The molecule has 1 rings (SSSR count). The molecule has 0 aliphatic carbocycles. The fourth-order valence-electron chi connectivity index (χ4n) is 1.77. The van der Waals surface area contributed by atoms with Gasteiger partial charge in [-0.15, -0.1) is 0 Å². The number of carboxylic acid groups (broad SMARTS) is 1. The Hall–Kier alpha value is -1.10. The number of nitrogens with zero attached hydrogens (tertiary/aromatic N) is 1. The highest BCUT2D eigenvalue weighted by molar-refractivity contribution is 5.78. The van der Waals surface area contributed by atoms with E-state index in [0.717, 1.165) is 25.9 Å². The summed E-state index contributed by atoms with van der Waals surface area (Å²) in [5.74, 6) is -0.631. The van der Waals surface area contributed by atoms with Gasteiger partial charge in [0, 0.05) is 13.1 Å². The monoisotopic (exact) mass is 229 g/mol. The topological polar surface area (TPSA) is 66.8 Å². The minimum Gasteiger partial charge on any atom is -0.479 e. The minimum absolute atomic E-state index is 0.111. The Bertz CT molecular complexity index is 267. The largest absolute Gasteiger partial charge is 0.479 e. The van der Waals surface area contributed by atoms with Crippen molar-refractivity contribution >= 4 is 11.9 Å². The van der Waals surface area contributed by atoms with Crippen molar-refractivity contribution in [2.45, 2.75) is 32.8 Å². The number of aliphatic carboxylic acids is 1. The van der Waals surface area contributed by atoms with Crippen LogP contribution in [0.2, 0.25) is 0 Å². The summed E-state index contributed by atoms with van der Waals surface area (Å²) in [6, 6.07) is 0. The van der Waals surface area contributed by atoms with Crippen molar-refractivity contribution in [3.8, 4) is 0 Å². The Morgan fingerprint density at radius 1 is 1.56 bits per heavy atom. The number of carbonyl (C=O) groups is 2. The van der Waals surface area contributed by atoms with E-state index in [9.17, 15) is 9.59 Å². The van der Waals surface area contributed by atoms with Crippen LogP contribution in [0.5, 0.6) is 0 Å². The maximum Gasteiger partial charge on any atom is 0.332 e. The molecular formula is C11H19NO4. The second-order valence-electron chi connectivity index (χ2n) is 4.38. The summed E-state index contributed by atoms with van der Waals surface area (Å²) in [4.78, 5) is 23.9. The van der Waals surface area contributed by atoms with Gasteiger partial charge >= 0.3 is 5.97 Å². The van der Waals surface area contributed by atoms with E-state index >= 15 is 0 Å². The van der Waals surface area contributed by atoms with Crippen LogP contribution in [-0.2, 0) is 14.3 Å². The molecule has 0 radical (unpaired) electrons. The summed E-state index contributed by atoms with van der Waals surface area (Å²) in [6.45, 7) is 4.91. The van der Waals surface area contributed by atoms with Crippen LogP contribution in [0.25, 0.3) is 0 Å². The quantitative estimate of drug-likeness (QED) is 0.772. The molecule has 5 heteroatoms. The lowest BCUT2D eigenvalue weighted by molar-refractivity contribution is -0.153. The number of hydrogen-bond acceptors (Lipinski definition) is 3. The molecule has 1 amide bonds. The van der Waals surface area contributed by atoms with Crippen LogP contribution in [0, 0.1) is 5.92 Å². The minimum atomic E-state index is -1.04. The SMILES string of the molecule is CC1CCCN(C(=O)CO[C@H](C)C(=O)O)C1. The molecule has 0 spiro atoms. The summed E-state index contributed by atoms with van der Waals surface area (Å²) in [7, 11) is 0. The van der Waals surface area contributed by atoms with Gasteiger partial charge in [-0.25, -0.2) is 4.79 Å². The number of rotatable bonds is 4. The number of ether oxygens (including phenoxy) is 1. The number of amides is 1. The van der Waals surface area contributed by atoms with Crippen molar-refractivity contribution in [2.24, 2.45) is 5.92 Å². The summed E-state index contributed by atoms with van der Waals surface area (Å²) >= 11 is 0. The van der Waals surface area contributed by atoms with Gasteiger partial charge in [-0.1, -0.05) is 6.92 Å². The van der Waals surface area contributed by atoms with Crippen molar-refractivity contribution in [2.75, 3.05) is 19.7 Å². The Kier molecular flexibility index (Phi) is 4.73. The van der Waals surface area contributed by atoms with Gasteiger partial charge in [0.1, 0.15) is 6.61 Å². The molecule has 0 aromatic carbocycles. The predicted molar refractivity (Wildman–Crippen MR) is 58.0 cm³/mol. The first-order valence-electron chi connectivity index (χ1n) is 5.63. The lowest BCUT2D eigenvalue weighted by atomic mass is 10.0. The maximum atomic E-state index is 11.7. The maximum absolute atomic E-state index is 11.7. The smallest absolute Gasteiger partial charge is 0.332 e. The number of carbonyl (C=O) groups excluding carboxylic acids is 1. The average molecular weight is 229 g/mol. The molecule has 0 bridgehead atoms. The number of piperidine rings is 1. The fraction of sp³-hybridized carbons (Fsp3) is 0.818. The van der Waals surface area contributed by atoms with Crippen molar-refractivity contribution in [3.63, 3.8) is 0 Å². The lowest BCUT2D eigenvalue weighted by Crippen LogP contribution is -2.41. The molecule has 1 saturated heterocycles. The van der Waals surface area contributed by atoms with E-state index in [1.165, 1.54) is 6.92 Å². The highest BCUT2D eigenvalue weighted by atomic mass is 16.5. The zero-order chi connectivity index (χ0) is 12.1. The molecule has 92 valence electrons. The van der Waals surface area contributed by atoms with Crippen LogP contribution in [0.1, 0.15) is 26.7 Å². The van der Waals surface area contributed by atoms with Crippen molar-refractivity contribution in [1.29, 1.82) is 0 Å². The first-order valence-corrected chi connectivity index (χ1v) is 5.63. The van der Waals surface area contributed by atoms with Crippen molar-refractivity contribution in [1.82, 2.24) is 4.90 Å². The molecule has 1 aliphatic heterocycles. The summed E-state index contributed by atoms with van der Waals surface area (Å²) in [5.41, 5.74) is 0. The second kappa shape index (κ2) is 5.84.